The molecule has 1 aliphatic rings. The molecular weight excluding hydrogens is 607 g/mol. The number of nitrogens with zero attached hydrogens (tertiary/aromatic N) is 3. The highest BCUT2D eigenvalue weighted by atomic mass is 32.1. The maximum Gasteiger partial charge on any atom is 0.165 e. The van der Waals surface area contributed by atoms with Gasteiger partial charge in [0.2, 0.25) is 0 Å². The minimum atomic E-state index is 0.668. The Morgan fingerprint density at radius 3 is 2.10 bits per heavy atom. The quantitative estimate of drug-likeness (QED) is 0.194. The highest BCUT2D eigenvalue weighted by Crippen LogP contribution is 2.40. The van der Waals surface area contributed by atoms with Gasteiger partial charge in [-0.15, -0.1) is 11.3 Å². The Morgan fingerprint density at radius 2 is 1.19 bits per heavy atom. The fraction of sp³-hybridized carbons (Fsp3) is 0.0465. The van der Waals surface area contributed by atoms with Crippen molar-refractivity contribution in [2.24, 2.45) is 0 Å². The summed E-state index contributed by atoms with van der Waals surface area (Å²) < 4.78 is 8.72. The molecule has 0 unspecified atom stereocenters. The number of furan rings is 1. The van der Waals surface area contributed by atoms with Crippen molar-refractivity contribution in [1.82, 2.24) is 15.0 Å². The lowest BCUT2D eigenvalue weighted by Crippen LogP contribution is -2.32. The number of benzene rings is 6. The number of rotatable bonds is 4. The molecule has 48 heavy (non-hydrogen) atoms. The highest BCUT2D eigenvalue weighted by Gasteiger charge is 2.20. The molecule has 4 nitrogen and oxygen atoms in total. The normalized spacial score (nSPS) is 13.0. The van der Waals surface area contributed by atoms with Crippen molar-refractivity contribution >= 4 is 65.1 Å². The van der Waals surface area contributed by atoms with Crippen LogP contribution in [0.15, 0.2) is 138 Å². The first-order valence-electron chi connectivity index (χ1n) is 16.3. The molecule has 3 aromatic heterocycles. The molecule has 0 saturated heterocycles. The maximum atomic E-state index is 6.28. The summed E-state index contributed by atoms with van der Waals surface area (Å²) in [5.74, 6) is 2.03. The van der Waals surface area contributed by atoms with Crippen LogP contribution in [0.4, 0.5) is 0 Å². The van der Waals surface area contributed by atoms with Gasteiger partial charge in [0.25, 0.3) is 0 Å². The van der Waals surface area contributed by atoms with E-state index in [4.69, 9.17) is 19.4 Å². The average molecular weight is 634 g/mol. The Kier molecular flexibility index (Phi) is 6.14. The predicted molar refractivity (Wildman–Crippen MR) is 198 cm³/mol. The molecule has 0 bridgehead atoms. The van der Waals surface area contributed by atoms with Gasteiger partial charge >= 0.3 is 0 Å². The molecule has 0 radical (unpaired) electrons. The molecule has 0 N–H and O–H groups in total. The van der Waals surface area contributed by atoms with Crippen LogP contribution in [0.3, 0.4) is 0 Å². The van der Waals surface area contributed by atoms with Crippen molar-refractivity contribution in [2.45, 2.75) is 12.8 Å². The zero-order chi connectivity index (χ0) is 31.6. The third-order valence-electron chi connectivity index (χ3n) is 9.46. The fourth-order valence-electron chi connectivity index (χ4n) is 7.30. The van der Waals surface area contributed by atoms with E-state index in [1.165, 1.54) is 47.1 Å². The fourth-order valence-corrected chi connectivity index (χ4v) is 8.51. The number of hydrogen-bond acceptors (Lipinski definition) is 5. The van der Waals surface area contributed by atoms with Gasteiger partial charge in [0.05, 0.1) is 0 Å². The smallest absolute Gasteiger partial charge is 0.165 e. The lowest BCUT2D eigenvalue weighted by Gasteiger charge is -2.15. The zero-order valence-electron chi connectivity index (χ0n) is 25.9. The van der Waals surface area contributed by atoms with Crippen LogP contribution in [0.2, 0.25) is 0 Å². The van der Waals surface area contributed by atoms with E-state index in [2.05, 4.69) is 109 Å². The van der Waals surface area contributed by atoms with Crippen LogP contribution in [0.5, 0.6) is 0 Å². The van der Waals surface area contributed by atoms with Gasteiger partial charge in [-0.1, -0.05) is 115 Å². The Labute approximate surface area is 280 Å². The van der Waals surface area contributed by atoms with Crippen molar-refractivity contribution in [3.63, 3.8) is 0 Å². The van der Waals surface area contributed by atoms with Gasteiger partial charge in [0, 0.05) is 47.6 Å². The molecule has 0 fully saturated rings. The minimum absolute atomic E-state index is 0.668. The molecule has 0 saturated carbocycles. The molecular formula is C43H27N3OS. The summed E-state index contributed by atoms with van der Waals surface area (Å²) in [7, 11) is 0. The number of hydrogen-bond donors (Lipinski definition) is 0. The standard InChI is InChI=1S/C43H27N3OS/c1-2-12-26(13-3-1)41-44-42(46-43(45-41)35-22-10-20-32-30-14-5-7-25-38(30)48-40(32)35)33-21-9-16-27-28(17-8-18-29(27)33)31-19-11-24-37-39(31)34-15-4-6-23-36(34)47-37/h1-7,9-16,18-25H,8,17H2. The lowest BCUT2D eigenvalue weighted by atomic mass is 9.89. The first-order chi connectivity index (χ1) is 23.8. The average Bonchev–Trinajstić information content (AvgIpc) is 3.73. The topological polar surface area (TPSA) is 51.8 Å². The van der Waals surface area contributed by atoms with Gasteiger partial charge in [0.1, 0.15) is 11.2 Å². The first kappa shape index (κ1) is 27.2. The Balaban J connectivity index is 1.23. The third-order valence-corrected chi connectivity index (χ3v) is 10.7. The summed E-state index contributed by atoms with van der Waals surface area (Å²) in [6.45, 7) is 0. The van der Waals surface area contributed by atoms with Crippen molar-refractivity contribution < 1.29 is 4.42 Å². The SMILES string of the molecule is C1=c2c(-c3nc(-c4ccccc4)nc(-c4cccc5c4sc4ccccc45)n3)cccc2=C(c2cccc3oc4ccccc4c23)CC1. The molecule has 6 aromatic carbocycles. The van der Waals surface area contributed by atoms with Crippen LogP contribution in [-0.4, -0.2) is 15.0 Å². The molecule has 9 aromatic rings. The molecule has 10 rings (SSSR count). The second-order valence-corrected chi connectivity index (χ2v) is 13.3. The number of para-hydroxylation sites is 1. The molecule has 0 amide bonds. The van der Waals surface area contributed by atoms with Crippen LogP contribution < -0.4 is 10.4 Å². The van der Waals surface area contributed by atoms with E-state index in [1.54, 1.807) is 11.3 Å². The second-order valence-electron chi connectivity index (χ2n) is 12.2. The third kappa shape index (κ3) is 4.25. The Morgan fingerprint density at radius 1 is 0.521 bits per heavy atom. The van der Waals surface area contributed by atoms with Crippen LogP contribution in [0.25, 0.3) is 87.9 Å². The van der Waals surface area contributed by atoms with Crippen molar-refractivity contribution in [3.8, 4) is 34.2 Å². The molecule has 226 valence electrons. The van der Waals surface area contributed by atoms with E-state index < -0.39 is 0 Å². The summed E-state index contributed by atoms with van der Waals surface area (Å²) in [5, 5.41) is 7.18. The summed E-state index contributed by atoms with van der Waals surface area (Å²) in [6, 6.07) is 46.5. The van der Waals surface area contributed by atoms with E-state index in [9.17, 15) is 0 Å². The highest BCUT2D eigenvalue weighted by molar-refractivity contribution is 7.26. The molecule has 3 heterocycles. The van der Waals surface area contributed by atoms with E-state index in [0.29, 0.717) is 17.5 Å². The monoisotopic (exact) mass is 633 g/mol. The lowest BCUT2D eigenvalue weighted by molar-refractivity contribution is 0.669. The van der Waals surface area contributed by atoms with Crippen molar-refractivity contribution in [3.05, 3.63) is 149 Å². The van der Waals surface area contributed by atoms with Gasteiger partial charge in [0.15, 0.2) is 17.5 Å². The molecule has 0 atom stereocenters. The van der Waals surface area contributed by atoms with Crippen LogP contribution in [-0.2, 0) is 0 Å². The Hall–Kier alpha value is -5.91. The van der Waals surface area contributed by atoms with Crippen molar-refractivity contribution in [2.75, 3.05) is 0 Å². The van der Waals surface area contributed by atoms with E-state index >= 15 is 0 Å². The summed E-state index contributed by atoms with van der Waals surface area (Å²) >= 11 is 1.79. The van der Waals surface area contributed by atoms with Crippen LogP contribution in [0, 0.1) is 0 Å². The number of aromatic nitrogens is 3. The minimum Gasteiger partial charge on any atom is -0.456 e. The van der Waals surface area contributed by atoms with Gasteiger partial charge in [-0.3, -0.25) is 0 Å². The van der Waals surface area contributed by atoms with E-state index in [0.717, 1.165) is 46.1 Å². The predicted octanol–water partition coefficient (Wildman–Crippen LogP) is 9.91. The summed E-state index contributed by atoms with van der Waals surface area (Å²) in [5.41, 5.74) is 7.37. The second kappa shape index (κ2) is 10.8. The maximum absolute atomic E-state index is 6.28. The largest absolute Gasteiger partial charge is 0.456 e. The van der Waals surface area contributed by atoms with Gasteiger partial charge in [-0.05, 0) is 58.7 Å². The van der Waals surface area contributed by atoms with E-state index in [1.807, 2.05) is 30.3 Å². The van der Waals surface area contributed by atoms with E-state index in [-0.39, 0.29) is 0 Å². The molecule has 1 aliphatic carbocycles. The molecule has 5 heteroatoms. The van der Waals surface area contributed by atoms with Crippen LogP contribution >= 0.6 is 11.3 Å². The Bertz CT molecular complexity index is 2850. The number of thiophene rings is 1. The summed E-state index contributed by atoms with van der Waals surface area (Å²) in [6.07, 6.45) is 4.22. The van der Waals surface area contributed by atoms with Gasteiger partial charge < -0.3 is 4.42 Å². The molecule has 0 aliphatic heterocycles. The zero-order valence-corrected chi connectivity index (χ0v) is 26.7. The van der Waals surface area contributed by atoms with Gasteiger partial charge in [-0.25, -0.2) is 15.0 Å². The summed E-state index contributed by atoms with van der Waals surface area (Å²) in [4.78, 5) is 15.5. The molecule has 0 spiro atoms. The van der Waals surface area contributed by atoms with Crippen LogP contribution in [0.1, 0.15) is 18.4 Å². The van der Waals surface area contributed by atoms with Crippen molar-refractivity contribution in [1.29, 1.82) is 0 Å². The van der Waals surface area contributed by atoms with Gasteiger partial charge in [-0.2, -0.15) is 0 Å². The number of fused-ring (bicyclic) bond motifs is 7. The first-order valence-corrected chi connectivity index (χ1v) is 17.1.